The molecule has 0 spiro atoms. The summed E-state index contributed by atoms with van der Waals surface area (Å²) in [6.45, 7) is 0.276. The summed E-state index contributed by atoms with van der Waals surface area (Å²) >= 11 is 1.26. The summed E-state index contributed by atoms with van der Waals surface area (Å²) in [6, 6.07) is 22.0. The molecule has 8 nitrogen and oxygen atoms in total. The van der Waals surface area contributed by atoms with Crippen molar-refractivity contribution in [1.82, 2.24) is 4.90 Å². The van der Waals surface area contributed by atoms with Crippen LogP contribution < -0.4 is 19.5 Å². The number of nitrogens with zero attached hydrogens (tertiary/aromatic N) is 2. The van der Waals surface area contributed by atoms with Crippen LogP contribution in [0.4, 0.5) is 11.4 Å². The Labute approximate surface area is 214 Å². The Hall–Kier alpha value is -3.98. The number of methoxy groups -OCH3 is 3. The fourth-order valence-corrected chi connectivity index (χ4v) is 4.83. The standard InChI is InChI=1S/C27H27N3O5S/c1-33-21-12-8-7-11-20(21)29-26(32)24-16-25(31)30(27(36-24)28-19-9-5-4-6-10-19)17-18-13-14-22(34-2)23(15-18)35-3/h4-15,24H,16-17H2,1-3H3,(H,29,32). The van der Waals surface area contributed by atoms with Crippen LogP contribution in [0.1, 0.15) is 12.0 Å². The van der Waals surface area contributed by atoms with Gasteiger partial charge in [-0.15, -0.1) is 0 Å². The van der Waals surface area contributed by atoms with Gasteiger partial charge in [-0.2, -0.15) is 0 Å². The Morgan fingerprint density at radius 3 is 2.36 bits per heavy atom. The van der Waals surface area contributed by atoms with Gasteiger partial charge in [0.25, 0.3) is 0 Å². The van der Waals surface area contributed by atoms with Crippen molar-refractivity contribution in [3.8, 4) is 17.2 Å². The van der Waals surface area contributed by atoms with Gasteiger partial charge < -0.3 is 19.5 Å². The summed E-state index contributed by atoms with van der Waals surface area (Å²) in [5.74, 6) is 1.24. The van der Waals surface area contributed by atoms with E-state index in [4.69, 9.17) is 19.2 Å². The number of rotatable bonds is 8. The summed E-state index contributed by atoms with van der Waals surface area (Å²) in [5, 5.41) is 2.69. The van der Waals surface area contributed by atoms with Crippen LogP contribution in [0, 0.1) is 0 Å². The Kier molecular flexibility index (Phi) is 8.12. The van der Waals surface area contributed by atoms with Gasteiger partial charge in [0.1, 0.15) is 11.0 Å². The second-order valence-corrected chi connectivity index (χ2v) is 9.07. The maximum atomic E-state index is 13.3. The number of aliphatic imine (C=N–C) groups is 1. The first kappa shape index (κ1) is 25.1. The van der Waals surface area contributed by atoms with E-state index in [9.17, 15) is 9.59 Å². The smallest absolute Gasteiger partial charge is 0.238 e. The Morgan fingerprint density at radius 2 is 1.64 bits per heavy atom. The van der Waals surface area contributed by atoms with Crippen molar-refractivity contribution in [3.05, 3.63) is 78.4 Å². The second kappa shape index (κ2) is 11.6. The van der Waals surface area contributed by atoms with Crippen molar-refractivity contribution < 1.29 is 23.8 Å². The summed E-state index contributed by atoms with van der Waals surface area (Å²) in [4.78, 5) is 32.8. The number of nitrogens with one attached hydrogen (secondary N) is 1. The second-order valence-electron chi connectivity index (χ2n) is 7.90. The fourth-order valence-electron chi connectivity index (χ4n) is 3.73. The lowest BCUT2D eigenvalue weighted by Crippen LogP contribution is -2.44. The number of anilines is 1. The molecule has 186 valence electrons. The van der Waals surface area contributed by atoms with Crippen LogP contribution in [0.2, 0.25) is 0 Å². The summed E-state index contributed by atoms with van der Waals surface area (Å²) in [5.41, 5.74) is 2.09. The van der Waals surface area contributed by atoms with Gasteiger partial charge in [0.05, 0.1) is 39.2 Å². The van der Waals surface area contributed by atoms with E-state index in [2.05, 4.69) is 5.32 Å². The van der Waals surface area contributed by atoms with Crippen molar-refractivity contribution >= 4 is 40.1 Å². The predicted molar refractivity (Wildman–Crippen MR) is 141 cm³/mol. The number of carbonyl (C=O) groups is 2. The van der Waals surface area contributed by atoms with Gasteiger partial charge >= 0.3 is 0 Å². The van der Waals surface area contributed by atoms with Gasteiger partial charge in [0.15, 0.2) is 16.7 Å². The molecule has 0 radical (unpaired) electrons. The number of para-hydroxylation sites is 3. The molecule has 1 saturated heterocycles. The highest BCUT2D eigenvalue weighted by atomic mass is 32.2. The monoisotopic (exact) mass is 505 g/mol. The van der Waals surface area contributed by atoms with Gasteiger partial charge in [-0.3, -0.25) is 14.5 Å². The van der Waals surface area contributed by atoms with Crippen LogP contribution in [0.3, 0.4) is 0 Å². The Bertz CT molecular complexity index is 1270. The molecule has 1 aliphatic heterocycles. The normalized spacial score (nSPS) is 16.5. The number of amidine groups is 1. The molecule has 0 aliphatic carbocycles. The van der Waals surface area contributed by atoms with Crippen molar-refractivity contribution in [1.29, 1.82) is 0 Å². The lowest BCUT2D eigenvalue weighted by atomic mass is 10.1. The molecule has 36 heavy (non-hydrogen) atoms. The van der Waals surface area contributed by atoms with Gasteiger partial charge in [-0.25, -0.2) is 4.99 Å². The van der Waals surface area contributed by atoms with E-state index in [-0.39, 0.29) is 24.8 Å². The van der Waals surface area contributed by atoms with Crippen molar-refractivity contribution in [3.63, 3.8) is 0 Å². The van der Waals surface area contributed by atoms with Crippen molar-refractivity contribution in [2.75, 3.05) is 26.6 Å². The maximum Gasteiger partial charge on any atom is 0.238 e. The molecular formula is C27H27N3O5S. The predicted octanol–water partition coefficient (Wildman–Crippen LogP) is 4.87. The van der Waals surface area contributed by atoms with E-state index in [1.807, 2.05) is 54.6 Å². The van der Waals surface area contributed by atoms with Crippen LogP contribution in [0.5, 0.6) is 17.2 Å². The average Bonchev–Trinajstić information content (AvgIpc) is 2.91. The van der Waals surface area contributed by atoms with Crippen molar-refractivity contribution in [2.45, 2.75) is 18.2 Å². The molecule has 0 aromatic heterocycles. The van der Waals surface area contributed by atoms with Gasteiger partial charge in [0.2, 0.25) is 11.8 Å². The van der Waals surface area contributed by atoms with E-state index in [1.54, 1.807) is 44.4 Å². The zero-order valence-corrected chi connectivity index (χ0v) is 21.1. The van der Waals surface area contributed by atoms with Crippen LogP contribution >= 0.6 is 11.8 Å². The molecule has 1 fully saturated rings. The fraction of sp³-hybridized carbons (Fsp3) is 0.222. The van der Waals surface area contributed by atoms with Gasteiger partial charge in [-0.1, -0.05) is 48.2 Å². The highest BCUT2D eigenvalue weighted by Crippen LogP contribution is 2.33. The minimum absolute atomic E-state index is 0.0345. The topological polar surface area (TPSA) is 89.5 Å². The molecule has 1 heterocycles. The third-order valence-corrected chi connectivity index (χ3v) is 6.75. The number of hydrogen-bond donors (Lipinski definition) is 1. The SMILES string of the molecule is COc1ccccc1NC(=O)C1CC(=O)N(Cc2ccc(OC)c(OC)c2)C(=Nc2ccccc2)S1. The molecule has 1 unspecified atom stereocenters. The lowest BCUT2D eigenvalue weighted by Gasteiger charge is -2.32. The highest BCUT2D eigenvalue weighted by molar-refractivity contribution is 8.15. The number of thioether (sulfide) groups is 1. The van der Waals surface area contributed by atoms with Crippen LogP contribution in [0.25, 0.3) is 0 Å². The van der Waals surface area contributed by atoms with Crippen LogP contribution in [-0.4, -0.2) is 48.5 Å². The lowest BCUT2D eigenvalue weighted by molar-refractivity contribution is -0.129. The minimum atomic E-state index is -0.647. The summed E-state index contributed by atoms with van der Waals surface area (Å²) in [6.07, 6.45) is 0.0345. The van der Waals surface area contributed by atoms with Crippen molar-refractivity contribution in [2.24, 2.45) is 4.99 Å². The zero-order chi connectivity index (χ0) is 25.5. The molecule has 2 amide bonds. The van der Waals surface area contributed by atoms with E-state index in [1.165, 1.54) is 11.8 Å². The maximum absolute atomic E-state index is 13.3. The average molecular weight is 506 g/mol. The summed E-state index contributed by atoms with van der Waals surface area (Å²) in [7, 11) is 4.68. The molecule has 4 rings (SSSR count). The number of benzene rings is 3. The molecule has 1 N–H and O–H groups in total. The summed E-state index contributed by atoms with van der Waals surface area (Å²) < 4.78 is 16.1. The van der Waals surface area contributed by atoms with E-state index in [0.717, 1.165) is 5.56 Å². The number of hydrogen-bond acceptors (Lipinski definition) is 7. The molecule has 9 heteroatoms. The first-order valence-corrected chi connectivity index (χ1v) is 12.2. The van der Waals surface area contributed by atoms with Crippen LogP contribution in [-0.2, 0) is 16.1 Å². The van der Waals surface area contributed by atoms with E-state index >= 15 is 0 Å². The zero-order valence-electron chi connectivity index (χ0n) is 20.3. The van der Waals surface area contributed by atoms with Crippen LogP contribution in [0.15, 0.2) is 77.8 Å². The molecule has 3 aromatic carbocycles. The number of carbonyl (C=O) groups excluding carboxylic acids is 2. The minimum Gasteiger partial charge on any atom is -0.495 e. The third kappa shape index (κ3) is 5.80. The molecule has 0 saturated carbocycles. The third-order valence-electron chi connectivity index (χ3n) is 5.57. The van der Waals surface area contributed by atoms with E-state index in [0.29, 0.717) is 33.8 Å². The Morgan fingerprint density at radius 1 is 0.944 bits per heavy atom. The molecule has 3 aromatic rings. The Balaban J connectivity index is 1.61. The quantitative estimate of drug-likeness (QED) is 0.470. The van der Waals surface area contributed by atoms with Gasteiger partial charge in [-0.05, 0) is 42.0 Å². The van der Waals surface area contributed by atoms with E-state index < -0.39 is 5.25 Å². The molecule has 0 bridgehead atoms. The first-order chi connectivity index (χ1) is 17.5. The molecular weight excluding hydrogens is 478 g/mol. The molecule has 1 aliphatic rings. The van der Waals surface area contributed by atoms with Gasteiger partial charge in [0, 0.05) is 6.42 Å². The molecule has 1 atom stereocenters. The highest BCUT2D eigenvalue weighted by Gasteiger charge is 2.36. The first-order valence-electron chi connectivity index (χ1n) is 11.3. The number of amides is 2. The number of ether oxygens (including phenoxy) is 3. The largest absolute Gasteiger partial charge is 0.495 e.